The molecule has 0 amide bonds. The zero-order valence-corrected chi connectivity index (χ0v) is 12.1. The van der Waals surface area contributed by atoms with Crippen molar-refractivity contribution in [3.8, 4) is 17.2 Å². The summed E-state index contributed by atoms with van der Waals surface area (Å²) in [6.45, 7) is 0.686. The number of hydrogen-bond donors (Lipinski definition) is 1. The fourth-order valence-corrected chi connectivity index (χ4v) is 2.18. The van der Waals surface area contributed by atoms with Gasteiger partial charge in [-0.3, -0.25) is 15.1 Å². The summed E-state index contributed by atoms with van der Waals surface area (Å²) in [6, 6.07) is 11.2. The van der Waals surface area contributed by atoms with E-state index in [1.54, 1.807) is 0 Å². The predicted molar refractivity (Wildman–Crippen MR) is 83.6 cm³/mol. The Morgan fingerprint density at radius 3 is 2.87 bits per heavy atom. The van der Waals surface area contributed by atoms with Gasteiger partial charge in [0.2, 0.25) is 0 Å². The van der Waals surface area contributed by atoms with Crippen LogP contribution in [0.2, 0.25) is 0 Å². The summed E-state index contributed by atoms with van der Waals surface area (Å²) in [7, 11) is 0. The molecule has 0 unspecified atom stereocenters. The van der Waals surface area contributed by atoms with Crippen molar-refractivity contribution in [3.05, 3.63) is 58.1 Å². The maximum absolute atomic E-state index is 10.7. The van der Waals surface area contributed by atoms with Gasteiger partial charge < -0.3 is 14.6 Å². The van der Waals surface area contributed by atoms with Crippen LogP contribution in [0.4, 0.5) is 5.69 Å². The van der Waals surface area contributed by atoms with E-state index in [4.69, 9.17) is 9.47 Å². The molecule has 1 N–H and O–H groups in total. The minimum absolute atomic E-state index is 0.0643. The van der Waals surface area contributed by atoms with Crippen LogP contribution in [0.5, 0.6) is 17.2 Å². The summed E-state index contributed by atoms with van der Waals surface area (Å²) in [5, 5.41) is 20.5. The molecular weight excluding hydrogens is 300 g/mol. The van der Waals surface area contributed by atoms with E-state index < -0.39 is 4.92 Å². The average molecular weight is 314 g/mol. The van der Waals surface area contributed by atoms with E-state index in [9.17, 15) is 15.2 Å². The molecule has 7 heteroatoms. The number of ether oxygens (including phenoxy) is 2. The fraction of sp³-hybridized carbons (Fsp3) is 0.188. The molecule has 0 radical (unpaired) electrons. The molecule has 1 aliphatic heterocycles. The molecule has 2 aromatic carbocycles. The molecule has 2 aromatic rings. The lowest BCUT2D eigenvalue weighted by atomic mass is 10.2. The molecule has 0 spiro atoms. The summed E-state index contributed by atoms with van der Waals surface area (Å²) in [5.74, 6) is 1.30. The van der Waals surface area contributed by atoms with Crippen LogP contribution in [0.25, 0.3) is 0 Å². The molecule has 23 heavy (non-hydrogen) atoms. The maximum Gasteiger partial charge on any atom is 0.270 e. The van der Waals surface area contributed by atoms with Gasteiger partial charge in [-0.25, -0.2) is 0 Å². The van der Waals surface area contributed by atoms with Crippen molar-refractivity contribution in [1.82, 2.24) is 0 Å². The molecule has 0 saturated heterocycles. The van der Waals surface area contributed by atoms with Gasteiger partial charge in [-0.1, -0.05) is 12.1 Å². The van der Waals surface area contributed by atoms with E-state index >= 15 is 0 Å². The third-order valence-corrected chi connectivity index (χ3v) is 3.33. The van der Waals surface area contributed by atoms with Crippen LogP contribution < -0.4 is 9.47 Å². The zero-order chi connectivity index (χ0) is 16.2. The van der Waals surface area contributed by atoms with Crippen LogP contribution in [0, 0.1) is 10.1 Å². The van der Waals surface area contributed by atoms with Crippen LogP contribution in [0.3, 0.4) is 0 Å². The molecule has 7 nitrogen and oxygen atoms in total. The fourth-order valence-electron chi connectivity index (χ4n) is 2.18. The second kappa shape index (κ2) is 6.35. The van der Waals surface area contributed by atoms with Crippen LogP contribution in [0.15, 0.2) is 47.5 Å². The lowest BCUT2D eigenvalue weighted by molar-refractivity contribution is -0.384. The number of hydrogen-bond acceptors (Lipinski definition) is 6. The monoisotopic (exact) mass is 314 g/mol. The van der Waals surface area contributed by atoms with Crippen molar-refractivity contribution in [1.29, 1.82) is 0 Å². The van der Waals surface area contributed by atoms with E-state index in [1.165, 1.54) is 24.4 Å². The van der Waals surface area contributed by atoms with Gasteiger partial charge in [0.15, 0.2) is 17.6 Å². The molecule has 0 fully saturated rings. The Kier molecular flexibility index (Phi) is 4.09. The smallest absolute Gasteiger partial charge is 0.270 e. The SMILES string of the molecule is O=[N+]([O-])c1ccc(O)c(C=NC[C@H]2COc3ccccc3O2)c1. The molecular formula is C16H14N2O5. The van der Waals surface area contributed by atoms with E-state index in [2.05, 4.69) is 4.99 Å². The van der Waals surface area contributed by atoms with E-state index in [0.29, 0.717) is 24.7 Å². The zero-order valence-electron chi connectivity index (χ0n) is 12.1. The first kappa shape index (κ1) is 14.8. The Bertz CT molecular complexity index is 760. The van der Waals surface area contributed by atoms with E-state index in [0.717, 1.165) is 0 Å². The number of aliphatic imine (C=N–C) groups is 1. The summed E-state index contributed by atoms with van der Waals surface area (Å²) in [5.41, 5.74) is 0.187. The van der Waals surface area contributed by atoms with E-state index in [-0.39, 0.29) is 23.1 Å². The highest BCUT2D eigenvalue weighted by Gasteiger charge is 2.19. The highest BCUT2D eigenvalue weighted by molar-refractivity contribution is 5.84. The molecule has 3 rings (SSSR count). The topological polar surface area (TPSA) is 94.2 Å². The number of nitro groups is 1. The number of rotatable bonds is 4. The molecule has 0 aromatic heterocycles. The number of aromatic hydroxyl groups is 1. The van der Waals surface area contributed by atoms with Gasteiger partial charge in [0.1, 0.15) is 12.4 Å². The van der Waals surface area contributed by atoms with Crippen LogP contribution in [-0.4, -0.2) is 35.5 Å². The second-order valence-corrected chi connectivity index (χ2v) is 4.99. The van der Waals surface area contributed by atoms with Crippen LogP contribution in [0.1, 0.15) is 5.56 Å². The van der Waals surface area contributed by atoms with Gasteiger partial charge in [0.25, 0.3) is 5.69 Å². The summed E-state index contributed by atoms with van der Waals surface area (Å²) >= 11 is 0. The number of nitro benzene ring substituents is 1. The first-order chi connectivity index (χ1) is 11.1. The number of benzene rings is 2. The van der Waals surface area contributed by atoms with Crippen molar-refractivity contribution in [2.75, 3.05) is 13.2 Å². The normalized spacial score (nSPS) is 16.4. The quantitative estimate of drug-likeness (QED) is 0.531. The Morgan fingerprint density at radius 1 is 1.30 bits per heavy atom. The van der Waals surface area contributed by atoms with Crippen LogP contribution in [-0.2, 0) is 0 Å². The number of phenols is 1. The van der Waals surface area contributed by atoms with Crippen molar-refractivity contribution in [2.45, 2.75) is 6.10 Å². The third-order valence-electron chi connectivity index (χ3n) is 3.33. The standard InChI is InChI=1S/C16H14N2O5/c19-14-6-5-12(18(20)21)7-11(14)8-17-9-13-10-22-15-3-1-2-4-16(15)23-13/h1-8,13,19H,9-10H2/t13-/m0/s1. The Balaban J connectivity index is 1.66. The summed E-state index contributed by atoms with van der Waals surface area (Å²) < 4.78 is 11.3. The van der Waals surface area contributed by atoms with Gasteiger partial charge in [0.05, 0.1) is 11.5 Å². The highest BCUT2D eigenvalue weighted by atomic mass is 16.6. The number of non-ortho nitro benzene ring substituents is 1. The van der Waals surface area contributed by atoms with Gasteiger partial charge in [-0.05, 0) is 18.2 Å². The number of fused-ring (bicyclic) bond motifs is 1. The first-order valence-corrected chi connectivity index (χ1v) is 6.99. The molecule has 0 bridgehead atoms. The minimum atomic E-state index is -0.522. The number of nitrogens with zero attached hydrogens (tertiary/aromatic N) is 2. The molecule has 1 heterocycles. The first-order valence-electron chi connectivity index (χ1n) is 6.99. The van der Waals surface area contributed by atoms with Gasteiger partial charge >= 0.3 is 0 Å². The molecule has 1 aliphatic rings. The number of para-hydroxylation sites is 2. The largest absolute Gasteiger partial charge is 0.507 e. The average Bonchev–Trinajstić information content (AvgIpc) is 2.56. The molecule has 118 valence electrons. The van der Waals surface area contributed by atoms with Crippen LogP contribution >= 0.6 is 0 Å². The second-order valence-electron chi connectivity index (χ2n) is 4.99. The van der Waals surface area contributed by atoms with Gasteiger partial charge in [-0.15, -0.1) is 0 Å². The Morgan fingerprint density at radius 2 is 2.09 bits per heavy atom. The van der Waals surface area contributed by atoms with Crippen molar-refractivity contribution in [2.24, 2.45) is 4.99 Å². The summed E-state index contributed by atoms with van der Waals surface area (Å²) in [6.07, 6.45) is 1.15. The summed E-state index contributed by atoms with van der Waals surface area (Å²) in [4.78, 5) is 14.4. The minimum Gasteiger partial charge on any atom is -0.507 e. The lowest BCUT2D eigenvalue weighted by Crippen LogP contribution is -2.31. The molecule has 0 aliphatic carbocycles. The van der Waals surface area contributed by atoms with Gasteiger partial charge in [0, 0.05) is 23.9 Å². The Hall–Kier alpha value is -3.09. The van der Waals surface area contributed by atoms with Gasteiger partial charge in [-0.2, -0.15) is 0 Å². The Labute approximate surface area is 132 Å². The van der Waals surface area contributed by atoms with Crippen molar-refractivity contribution in [3.63, 3.8) is 0 Å². The lowest BCUT2D eigenvalue weighted by Gasteiger charge is -2.25. The van der Waals surface area contributed by atoms with E-state index in [1.807, 2.05) is 24.3 Å². The molecule has 0 saturated carbocycles. The third kappa shape index (κ3) is 3.39. The maximum atomic E-state index is 10.7. The molecule has 1 atom stereocenters. The highest BCUT2D eigenvalue weighted by Crippen LogP contribution is 2.30. The predicted octanol–water partition coefficient (Wildman–Crippen LogP) is 2.56. The van der Waals surface area contributed by atoms with Crippen molar-refractivity contribution < 1.29 is 19.5 Å². The number of phenolic OH excluding ortho intramolecular Hbond substituents is 1. The van der Waals surface area contributed by atoms with Crippen molar-refractivity contribution >= 4 is 11.9 Å².